The standard InChI is InChI=1S/C31H22FNO2/c1-35-26-18-13-24(14-19-26)31(34)30(28-20-15-21-7-5-6-10-27(21)33-28)29(22-8-3-2-4-9-22)23-11-16-25(32)17-12-23/h2-20H,1H3/b30-29+. The molecule has 1 aromatic heterocycles. The lowest BCUT2D eigenvalue weighted by Gasteiger charge is -2.17. The fraction of sp³-hybridized carbons (Fsp3) is 0.0323. The van der Waals surface area contributed by atoms with Gasteiger partial charge in [0.25, 0.3) is 0 Å². The molecule has 0 bridgehead atoms. The number of carbonyl (C=O) groups excluding carboxylic acids is 1. The van der Waals surface area contributed by atoms with Gasteiger partial charge in [0.2, 0.25) is 0 Å². The summed E-state index contributed by atoms with van der Waals surface area (Å²) >= 11 is 0. The first-order chi connectivity index (χ1) is 17.1. The highest BCUT2D eigenvalue weighted by atomic mass is 19.1. The van der Waals surface area contributed by atoms with Crippen LogP contribution in [0, 0.1) is 5.82 Å². The number of nitrogens with zero attached hydrogens (tertiary/aromatic N) is 1. The summed E-state index contributed by atoms with van der Waals surface area (Å²) in [5, 5.41) is 0.982. The zero-order valence-corrected chi connectivity index (χ0v) is 19.1. The van der Waals surface area contributed by atoms with Crippen molar-refractivity contribution >= 4 is 27.8 Å². The number of pyridine rings is 1. The van der Waals surface area contributed by atoms with E-state index in [0.717, 1.165) is 22.0 Å². The van der Waals surface area contributed by atoms with Gasteiger partial charge in [-0.1, -0.05) is 66.7 Å². The largest absolute Gasteiger partial charge is 0.497 e. The van der Waals surface area contributed by atoms with E-state index in [1.54, 1.807) is 43.5 Å². The zero-order chi connectivity index (χ0) is 24.2. The minimum absolute atomic E-state index is 0.182. The molecule has 4 aromatic carbocycles. The first kappa shape index (κ1) is 22.2. The van der Waals surface area contributed by atoms with E-state index < -0.39 is 0 Å². The molecule has 4 heteroatoms. The van der Waals surface area contributed by atoms with Crippen molar-refractivity contribution in [2.24, 2.45) is 0 Å². The van der Waals surface area contributed by atoms with Crippen LogP contribution in [0.2, 0.25) is 0 Å². The van der Waals surface area contributed by atoms with Gasteiger partial charge in [0.05, 0.1) is 23.9 Å². The van der Waals surface area contributed by atoms with Gasteiger partial charge in [-0.3, -0.25) is 4.79 Å². The Morgan fingerprint density at radius 1 is 0.686 bits per heavy atom. The van der Waals surface area contributed by atoms with Gasteiger partial charge in [-0.15, -0.1) is 0 Å². The zero-order valence-electron chi connectivity index (χ0n) is 19.1. The van der Waals surface area contributed by atoms with Crippen LogP contribution in [0.4, 0.5) is 4.39 Å². The van der Waals surface area contributed by atoms with E-state index in [1.165, 1.54) is 12.1 Å². The van der Waals surface area contributed by atoms with Gasteiger partial charge in [-0.25, -0.2) is 9.37 Å². The Hall–Kier alpha value is -4.57. The molecular formula is C31H22FNO2. The van der Waals surface area contributed by atoms with Crippen LogP contribution in [0.1, 0.15) is 27.2 Å². The van der Waals surface area contributed by atoms with E-state index in [2.05, 4.69) is 0 Å². The number of benzene rings is 4. The topological polar surface area (TPSA) is 39.2 Å². The molecule has 170 valence electrons. The lowest BCUT2D eigenvalue weighted by atomic mass is 9.87. The maximum Gasteiger partial charge on any atom is 0.195 e. The number of ether oxygens (including phenoxy) is 1. The van der Waals surface area contributed by atoms with Gasteiger partial charge >= 0.3 is 0 Å². The molecule has 0 atom stereocenters. The number of hydrogen-bond donors (Lipinski definition) is 0. The van der Waals surface area contributed by atoms with E-state index >= 15 is 0 Å². The van der Waals surface area contributed by atoms with Crippen molar-refractivity contribution < 1.29 is 13.9 Å². The van der Waals surface area contributed by atoms with Crippen LogP contribution in [-0.2, 0) is 0 Å². The molecule has 0 aliphatic carbocycles. The Morgan fingerprint density at radius 3 is 2.03 bits per heavy atom. The molecule has 35 heavy (non-hydrogen) atoms. The summed E-state index contributed by atoms with van der Waals surface area (Å²) in [6.07, 6.45) is 0. The summed E-state index contributed by atoms with van der Waals surface area (Å²) in [5.74, 6) is 0.143. The minimum atomic E-state index is -0.340. The third kappa shape index (κ3) is 4.59. The molecule has 0 N–H and O–H groups in total. The first-order valence-corrected chi connectivity index (χ1v) is 11.2. The number of rotatable bonds is 6. The average molecular weight is 460 g/mol. The van der Waals surface area contributed by atoms with Gasteiger partial charge < -0.3 is 4.74 Å². The highest BCUT2D eigenvalue weighted by Gasteiger charge is 2.23. The fourth-order valence-electron chi connectivity index (χ4n) is 4.13. The molecule has 0 aliphatic rings. The van der Waals surface area contributed by atoms with Crippen LogP contribution in [-0.4, -0.2) is 17.9 Å². The summed E-state index contributed by atoms with van der Waals surface area (Å²) < 4.78 is 19.1. The Morgan fingerprint density at radius 2 is 1.31 bits per heavy atom. The summed E-state index contributed by atoms with van der Waals surface area (Å²) in [6, 6.07) is 34.5. The number of halogens is 1. The van der Waals surface area contributed by atoms with E-state index in [0.29, 0.717) is 28.2 Å². The van der Waals surface area contributed by atoms with Crippen molar-refractivity contribution in [2.45, 2.75) is 0 Å². The third-order valence-corrected chi connectivity index (χ3v) is 5.88. The van der Waals surface area contributed by atoms with E-state index in [9.17, 15) is 9.18 Å². The van der Waals surface area contributed by atoms with Gasteiger partial charge in [0, 0.05) is 16.5 Å². The highest BCUT2D eigenvalue weighted by Crippen LogP contribution is 2.35. The lowest BCUT2D eigenvalue weighted by molar-refractivity contribution is 0.105. The predicted molar refractivity (Wildman–Crippen MR) is 138 cm³/mol. The Labute approximate surface area is 203 Å². The summed E-state index contributed by atoms with van der Waals surface area (Å²) in [6.45, 7) is 0. The van der Waals surface area contributed by atoms with Crippen LogP contribution in [0.25, 0.3) is 22.0 Å². The molecule has 0 saturated carbocycles. The summed E-state index contributed by atoms with van der Waals surface area (Å²) in [7, 11) is 1.59. The summed E-state index contributed by atoms with van der Waals surface area (Å²) in [5.41, 5.74) is 4.54. The molecular weight excluding hydrogens is 437 g/mol. The van der Waals surface area contributed by atoms with E-state index in [1.807, 2.05) is 66.7 Å². The minimum Gasteiger partial charge on any atom is -0.497 e. The third-order valence-electron chi connectivity index (χ3n) is 5.88. The number of hydrogen-bond acceptors (Lipinski definition) is 3. The number of carbonyl (C=O) groups is 1. The summed E-state index contributed by atoms with van der Waals surface area (Å²) in [4.78, 5) is 19.0. The van der Waals surface area contributed by atoms with Crippen LogP contribution in [0.3, 0.4) is 0 Å². The van der Waals surface area contributed by atoms with Crippen molar-refractivity contribution in [1.82, 2.24) is 4.98 Å². The van der Waals surface area contributed by atoms with Crippen LogP contribution < -0.4 is 4.74 Å². The van der Waals surface area contributed by atoms with Gasteiger partial charge in [0.1, 0.15) is 11.6 Å². The van der Waals surface area contributed by atoms with E-state index in [4.69, 9.17) is 9.72 Å². The van der Waals surface area contributed by atoms with Crippen molar-refractivity contribution in [2.75, 3.05) is 7.11 Å². The van der Waals surface area contributed by atoms with Crippen molar-refractivity contribution in [3.05, 3.63) is 143 Å². The molecule has 0 aliphatic heterocycles. The van der Waals surface area contributed by atoms with Gasteiger partial charge in [0.15, 0.2) is 5.78 Å². The maximum atomic E-state index is 14.1. The van der Waals surface area contributed by atoms with Crippen LogP contribution >= 0.6 is 0 Å². The number of methoxy groups -OCH3 is 1. The lowest BCUT2D eigenvalue weighted by Crippen LogP contribution is -2.09. The maximum absolute atomic E-state index is 14.1. The van der Waals surface area contributed by atoms with E-state index in [-0.39, 0.29) is 11.6 Å². The second kappa shape index (κ2) is 9.74. The van der Waals surface area contributed by atoms with Crippen molar-refractivity contribution in [1.29, 1.82) is 0 Å². The number of para-hydroxylation sites is 1. The van der Waals surface area contributed by atoms with Gasteiger partial charge in [-0.2, -0.15) is 0 Å². The van der Waals surface area contributed by atoms with Crippen molar-refractivity contribution in [3.63, 3.8) is 0 Å². The second-order valence-corrected chi connectivity index (χ2v) is 8.07. The Balaban J connectivity index is 1.82. The second-order valence-electron chi connectivity index (χ2n) is 8.07. The predicted octanol–water partition coefficient (Wildman–Crippen LogP) is 7.22. The number of fused-ring (bicyclic) bond motifs is 1. The molecule has 0 amide bonds. The quantitative estimate of drug-likeness (QED) is 0.199. The molecule has 3 nitrogen and oxygen atoms in total. The number of aromatic nitrogens is 1. The van der Waals surface area contributed by atoms with Crippen LogP contribution in [0.5, 0.6) is 5.75 Å². The average Bonchev–Trinajstić information content (AvgIpc) is 2.92. The fourth-order valence-corrected chi connectivity index (χ4v) is 4.13. The monoisotopic (exact) mass is 459 g/mol. The Kier molecular flexibility index (Phi) is 6.18. The number of Topliss-reactive ketones (excluding diaryl/α,β-unsaturated/α-hetero) is 1. The molecule has 0 unspecified atom stereocenters. The smallest absolute Gasteiger partial charge is 0.195 e. The SMILES string of the molecule is COc1ccc(C(=O)/C(=C(\c2ccccc2)c2ccc(F)cc2)c2ccc3ccccc3n2)cc1. The Bertz CT molecular complexity index is 1520. The number of allylic oxidation sites excluding steroid dienone is 1. The molecule has 0 fully saturated rings. The number of ketones is 1. The first-order valence-electron chi connectivity index (χ1n) is 11.2. The molecule has 0 radical (unpaired) electrons. The van der Waals surface area contributed by atoms with Crippen molar-refractivity contribution in [3.8, 4) is 5.75 Å². The molecule has 1 heterocycles. The van der Waals surface area contributed by atoms with Gasteiger partial charge in [-0.05, 0) is 59.7 Å². The molecule has 5 rings (SSSR count). The molecule has 0 saturated heterocycles. The van der Waals surface area contributed by atoms with Crippen LogP contribution in [0.15, 0.2) is 115 Å². The molecule has 5 aromatic rings. The normalized spacial score (nSPS) is 11.7. The highest BCUT2D eigenvalue weighted by molar-refractivity contribution is 6.35. The molecule has 0 spiro atoms.